The van der Waals surface area contributed by atoms with Crippen LogP contribution in [0.1, 0.15) is 11.1 Å². The Hall–Kier alpha value is -3.20. The van der Waals surface area contributed by atoms with E-state index in [9.17, 15) is 18.3 Å². The maximum atomic E-state index is 14.9. The van der Waals surface area contributed by atoms with Gasteiger partial charge >= 0.3 is 0 Å². The molecule has 1 aromatic heterocycles. The maximum Gasteiger partial charge on any atom is 0.137 e. The van der Waals surface area contributed by atoms with Crippen LogP contribution in [0.25, 0.3) is 11.1 Å². The lowest BCUT2D eigenvalue weighted by atomic mass is 9.92. The number of hydrogen-bond acceptors (Lipinski definition) is 4. The van der Waals surface area contributed by atoms with Crippen molar-refractivity contribution in [3.63, 3.8) is 0 Å². The second-order valence-electron chi connectivity index (χ2n) is 8.23. The fourth-order valence-corrected chi connectivity index (χ4v) is 4.09. The predicted molar refractivity (Wildman–Crippen MR) is 123 cm³/mol. The summed E-state index contributed by atoms with van der Waals surface area (Å²) in [7, 11) is 1.68. The van der Waals surface area contributed by atoms with Crippen molar-refractivity contribution < 1.29 is 18.3 Å². The van der Waals surface area contributed by atoms with Crippen molar-refractivity contribution in [1.82, 2.24) is 19.7 Å². The number of rotatable bonds is 8. The first kappa shape index (κ1) is 23.9. The van der Waals surface area contributed by atoms with Gasteiger partial charge < -0.3 is 5.11 Å². The van der Waals surface area contributed by atoms with Crippen LogP contribution in [0.2, 0.25) is 5.02 Å². The van der Waals surface area contributed by atoms with E-state index in [1.807, 2.05) is 12.1 Å². The Morgan fingerprint density at radius 2 is 1.71 bits per heavy atom. The number of aromatic nitrogens is 3. The summed E-state index contributed by atoms with van der Waals surface area (Å²) < 4.78 is 44.4. The van der Waals surface area contributed by atoms with Crippen LogP contribution < -0.4 is 0 Å². The number of benzene rings is 3. The molecule has 0 aliphatic carbocycles. The lowest BCUT2D eigenvalue weighted by Crippen LogP contribution is -2.43. The van der Waals surface area contributed by atoms with Crippen LogP contribution in [0.4, 0.5) is 13.2 Å². The highest BCUT2D eigenvalue weighted by molar-refractivity contribution is 6.30. The van der Waals surface area contributed by atoms with Gasteiger partial charge in [0, 0.05) is 35.3 Å². The summed E-state index contributed by atoms with van der Waals surface area (Å²) in [5.74, 6) is -2.04. The third kappa shape index (κ3) is 5.47. The molecule has 0 radical (unpaired) electrons. The summed E-state index contributed by atoms with van der Waals surface area (Å²) in [5.41, 5.74) is 0.0755. The minimum Gasteiger partial charge on any atom is -0.382 e. The molecule has 0 amide bonds. The van der Waals surface area contributed by atoms with E-state index in [-0.39, 0.29) is 25.2 Å². The Labute approximate surface area is 200 Å². The number of aliphatic hydroxyl groups is 1. The molecule has 0 spiro atoms. The Morgan fingerprint density at radius 3 is 2.35 bits per heavy atom. The van der Waals surface area contributed by atoms with Crippen molar-refractivity contribution in [3.05, 3.63) is 107 Å². The molecule has 1 unspecified atom stereocenters. The molecule has 4 rings (SSSR count). The Bertz CT molecular complexity index is 1270. The molecule has 0 saturated heterocycles. The van der Waals surface area contributed by atoms with E-state index in [2.05, 4.69) is 10.1 Å². The molecule has 0 fully saturated rings. The second kappa shape index (κ2) is 9.97. The molecular formula is C25H22ClF3N4O. The fourth-order valence-electron chi connectivity index (χ4n) is 3.96. The molecule has 0 bridgehead atoms. The third-order valence-electron chi connectivity index (χ3n) is 5.53. The Morgan fingerprint density at radius 1 is 0.971 bits per heavy atom. The van der Waals surface area contributed by atoms with Crippen molar-refractivity contribution in [2.24, 2.45) is 0 Å². The van der Waals surface area contributed by atoms with E-state index >= 15 is 0 Å². The topological polar surface area (TPSA) is 54.2 Å². The van der Waals surface area contributed by atoms with Crippen LogP contribution in [-0.4, -0.2) is 38.4 Å². The molecule has 34 heavy (non-hydrogen) atoms. The molecule has 5 nitrogen and oxygen atoms in total. The molecule has 4 aromatic rings. The predicted octanol–water partition coefficient (Wildman–Crippen LogP) is 5.04. The summed E-state index contributed by atoms with van der Waals surface area (Å²) >= 11 is 5.92. The fraction of sp³-hybridized carbons (Fsp3) is 0.200. The summed E-state index contributed by atoms with van der Waals surface area (Å²) in [6, 6.07) is 15.0. The smallest absolute Gasteiger partial charge is 0.137 e. The Kier molecular flexibility index (Phi) is 7.02. The molecule has 0 saturated carbocycles. The zero-order valence-electron chi connectivity index (χ0n) is 18.3. The van der Waals surface area contributed by atoms with Gasteiger partial charge in [-0.1, -0.05) is 41.9 Å². The van der Waals surface area contributed by atoms with Gasteiger partial charge in [-0.3, -0.25) is 4.90 Å². The lowest BCUT2D eigenvalue weighted by Gasteiger charge is -2.33. The Balaban J connectivity index is 1.56. The van der Waals surface area contributed by atoms with Crippen molar-refractivity contribution in [2.45, 2.75) is 18.7 Å². The van der Waals surface area contributed by atoms with Gasteiger partial charge in [0.2, 0.25) is 0 Å². The lowest BCUT2D eigenvalue weighted by molar-refractivity contribution is -0.0176. The van der Waals surface area contributed by atoms with Crippen molar-refractivity contribution in [1.29, 1.82) is 0 Å². The van der Waals surface area contributed by atoms with Crippen LogP contribution >= 0.6 is 11.6 Å². The zero-order valence-corrected chi connectivity index (χ0v) is 19.1. The van der Waals surface area contributed by atoms with Crippen LogP contribution in [0.15, 0.2) is 73.3 Å². The maximum absolute atomic E-state index is 14.9. The van der Waals surface area contributed by atoms with Gasteiger partial charge in [-0.25, -0.2) is 22.8 Å². The first-order valence-corrected chi connectivity index (χ1v) is 10.8. The van der Waals surface area contributed by atoms with Crippen LogP contribution in [0, 0.1) is 17.5 Å². The normalized spacial score (nSPS) is 13.3. The van der Waals surface area contributed by atoms with Gasteiger partial charge in [-0.2, -0.15) is 5.10 Å². The van der Waals surface area contributed by atoms with Crippen LogP contribution in [0.3, 0.4) is 0 Å². The molecule has 1 atom stereocenters. The van der Waals surface area contributed by atoms with Gasteiger partial charge in [0.15, 0.2) is 0 Å². The molecule has 0 aliphatic heterocycles. The van der Waals surface area contributed by atoms with E-state index in [0.29, 0.717) is 16.1 Å². The highest BCUT2D eigenvalue weighted by Crippen LogP contribution is 2.29. The van der Waals surface area contributed by atoms with E-state index in [0.717, 1.165) is 17.7 Å². The number of likely N-dealkylation sites (N-methyl/N-ethyl adjacent to an activating group) is 1. The average molecular weight is 487 g/mol. The number of nitrogens with zero attached hydrogens (tertiary/aromatic N) is 4. The molecule has 1 N–H and O–H groups in total. The molecule has 1 heterocycles. The summed E-state index contributed by atoms with van der Waals surface area (Å²) in [4.78, 5) is 5.52. The van der Waals surface area contributed by atoms with Gasteiger partial charge in [0.25, 0.3) is 0 Å². The molecule has 176 valence electrons. The molecular weight excluding hydrogens is 465 g/mol. The summed E-state index contributed by atoms with van der Waals surface area (Å²) in [6.07, 6.45) is 2.68. The monoisotopic (exact) mass is 486 g/mol. The molecule has 3 aromatic carbocycles. The standard InChI is InChI=1S/C25H22ClF3N4O/c1-32(12-19-3-2-18(10-23(19)28)17-4-6-20(26)7-5-17)13-25(34,14-33-16-30-15-31-33)22-9-8-21(27)11-24(22)29/h2-11,15-16,34H,12-14H2,1H3. The molecule has 9 heteroatoms. The van der Waals surface area contributed by atoms with Gasteiger partial charge in [-0.05, 0) is 42.4 Å². The van der Waals surface area contributed by atoms with Crippen LogP contribution in [-0.2, 0) is 18.7 Å². The number of hydrogen-bond donors (Lipinski definition) is 1. The largest absolute Gasteiger partial charge is 0.382 e. The van der Waals surface area contributed by atoms with E-state index in [1.165, 1.54) is 29.5 Å². The highest BCUT2D eigenvalue weighted by atomic mass is 35.5. The summed E-state index contributed by atoms with van der Waals surface area (Å²) in [6.45, 7) is -0.0547. The van der Waals surface area contributed by atoms with Crippen molar-refractivity contribution in [2.75, 3.05) is 13.6 Å². The summed E-state index contributed by atoms with van der Waals surface area (Å²) in [5, 5.41) is 16.0. The molecule has 0 aliphatic rings. The average Bonchev–Trinajstić information content (AvgIpc) is 3.28. The van der Waals surface area contributed by atoms with E-state index in [1.54, 1.807) is 36.2 Å². The first-order valence-electron chi connectivity index (χ1n) is 10.5. The van der Waals surface area contributed by atoms with Gasteiger partial charge in [0.1, 0.15) is 35.7 Å². The number of halogens is 4. The van der Waals surface area contributed by atoms with Crippen molar-refractivity contribution >= 4 is 11.6 Å². The first-order chi connectivity index (χ1) is 16.2. The second-order valence-corrected chi connectivity index (χ2v) is 8.67. The minimum absolute atomic E-state index is 0.0756. The van der Waals surface area contributed by atoms with Gasteiger partial charge in [0.05, 0.1) is 6.54 Å². The van der Waals surface area contributed by atoms with Crippen molar-refractivity contribution in [3.8, 4) is 11.1 Å². The van der Waals surface area contributed by atoms with E-state index < -0.39 is 23.1 Å². The van der Waals surface area contributed by atoms with Gasteiger partial charge in [-0.15, -0.1) is 0 Å². The van der Waals surface area contributed by atoms with E-state index in [4.69, 9.17) is 11.6 Å². The zero-order chi connectivity index (χ0) is 24.3. The van der Waals surface area contributed by atoms with Crippen LogP contribution in [0.5, 0.6) is 0 Å². The SMILES string of the molecule is CN(Cc1ccc(-c2ccc(Cl)cc2)cc1F)CC(O)(Cn1cncn1)c1ccc(F)cc1F. The quantitative estimate of drug-likeness (QED) is 0.379. The third-order valence-corrected chi connectivity index (χ3v) is 5.78. The highest BCUT2D eigenvalue weighted by Gasteiger charge is 2.35. The minimum atomic E-state index is -1.78.